The summed E-state index contributed by atoms with van der Waals surface area (Å²) in [6, 6.07) is 7.70. The van der Waals surface area contributed by atoms with Crippen molar-refractivity contribution >= 4 is 17.6 Å². The summed E-state index contributed by atoms with van der Waals surface area (Å²) in [5.41, 5.74) is 4.26. The number of halogens is 3. The molecule has 0 fully saturated rings. The molecule has 32 heavy (non-hydrogen) atoms. The largest absolute Gasteiger partial charge is 0.573 e. The zero-order valence-corrected chi connectivity index (χ0v) is 18.2. The number of nitrogens with one attached hydrogen (secondary N) is 1. The molecule has 0 aliphatic carbocycles. The smallest absolute Gasteiger partial charge is 0.406 e. The summed E-state index contributed by atoms with van der Waals surface area (Å²) in [4.78, 5) is 4.54. The fourth-order valence-electron chi connectivity index (χ4n) is 4.18. The van der Waals surface area contributed by atoms with Crippen LogP contribution in [-0.2, 0) is 0 Å². The van der Waals surface area contributed by atoms with Crippen LogP contribution in [0, 0.1) is 0 Å². The number of benzene rings is 2. The summed E-state index contributed by atoms with van der Waals surface area (Å²) in [7, 11) is 0. The zero-order chi connectivity index (χ0) is 23.3. The van der Waals surface area contributed by atoms with E-state index in [-0.39, 0.29) is 11.7 Å². The summed E-state index contributed by atoms with van der Waals surface area (Å²) < 4.78 is 41.6. The van der Waals surface area contributed by atoms with E-state index in [9.17, 15) is 23.4 Å². The van der Waals surface area contributed by atoms with Crippen molar-refractivity contribution in [2.24, 2.45) is 4.99 Å². The Hall–Kier alpha value is -2.58. The van der Waals surface area contributed by atoms with Gasteiger partial charge in [-0.05, 0) is 48.1 Å². The highest BCUT2D eigenvalue weighted by Gasteiger charge is 2.31. The second kappa shape index (κ2) is 10.4. The predicted octanol–water partition coefficient (Wildman–Crippen LogP) is 6.09. The SMILES string of the molecule is CCCCC(CC)c1cc(-c2ccc(OC(F)(F)F)cc2)c2c(c1C(O)CO)N=CCN2. The van der Waals surface area contributed by atoms with Crippen molar-refractivity contribution < 1.29 is 28.1 Å². The van der Waals surface area contributed by atoms with Crippen molar-refractivity contribution in [1.29, 1.82) is 0 Å². The van der Waals surface area contributed by atoms with Gasteiger partial charge in [0.25, 0.3) is 0 Å². The van der Waals surface area contributed by atoms with E-state index >= 15 is 0 Å². The van der Waals surface area contributed by atoms with Gasteiger partial charge in [0.1, 0.15) is 11.9 Å². The number of unbranched alkanes of at least 4 members (excludes halogenated alkanes) is 1. The summed E-state index contributed by atoms with van der Waals surface area (Å²) in [5, 5.41) is 23.7. The van der Waals surface area contributed by atoms with Crippen molar-refractivity contribution in [3.8, 4) is 16.9 Å². The van der Waals surface area contributed by atoms with Gasteiger partial charge in [-0.1, -0.05) is 38.8 Å². The van der Waals surface area contributed by atoms with E-state index in [1.807, 2.05) is 6.07 Å². The zero-order valence-electron chi connectivity index (χ0n) is 18.2. The Kier molecular flexibility index (Phi) is 7.79. The van der Waals surface area contributed by atoms with Crippen LogP contribution in [0.4, 0.5) is 24.5 Å². The van der Waals surface area contributed by atoms with Gasteiger partial charge in [-0.15, -0.1) is 13.2 Å². The molecule has 2 aromatic carbocycles. The number of aliphatic hydroxyl groups is 2. The fraction of sp³-hybridized carbons (Fsp3) is 0.458. The maximum Gasteiger partial charge on any atom is 0.573 e. The molecule has 2 aromatic rings. The lowest BCUT2D eigenvalue weighted by molar-refractivity contribution is -0.274. The molecule has 0 aromatic heterocycles. The van der Waals surface area contributed by atoms with Crippen molar-refractivity contribution in [1.82, 2.24) is 0 Å². The highest BCUT2D eigenvalue weighted by molar-refractivity contribution is 5.94. The Morgan fingerprint density at radius 1 is 1.19 bits per heavy atom. The average molecular weight is 451 g/mol. The van der Waals surface area contributed by atoms with E-state index in [1.54, 1.807) is 18.3 Å². The molecule has 2 atom stereocenters. The number of rotatable bonds is 9. The Labute approximate surface area is 186 Å². The van der Waals surface area contributed by atoms with E-state index in [2.05, 4.69) is 28.9 Å². The number of hydrogen-bond acceptors (Lipinski definition) is 5. The molecular weight excluding hydrogens is 421 g/mol. The third-order valence-electron chi connectivity index (χ3n) is 5.71. The van der Waals surface area contributed by atoms with Crippen molar-refractivity contribution in [2.75, 3.05) is 18.5 Å². The Morgan fingerprint density at radius 3 is 2.50 bits per heavy atom. The lowest BCUT2D eigenvalue weighted by atomic mass is 9.82. The molecule has 0 saturated carbocycles. The Bertz CT molecular complexity index is 943. The molecule has 3 N–H and O–H groups in total. The van der Waals surface area contributed by atoms with Gasteiger partial charge in [-0.2, -0.15) is 0 Å². The maximum absolute atomic E-state index is 12.5. The van der Waals surface area contributed by atoms with Gasteiger partial charge in [0.2, 0.25) is 0 Å². The van der Waals surface area contributed by atoms with Crippen LogP contribution in [0.3, 0.4) is 0 Å². The fourth-order valence-corrected chi connectivity index (χ4v) is 4.18. The molecule has 174 valence electrons. The summed E-state index contributed by atoms with van der Waals surface area (Å²) in [6.07, 6.45) is -0.304. The molecule has 0 bridgehead atoms. The molecule has 1 heterocycles. The number of nitrogens with zero attached hydrogens (tertiary/aromatic N) is 1. The highest BCUT2D eigenvalue weighted by Crippen LogP contribution is 2.47. The van der Waals surface area contributed by atoms with Crippen molar-refractivity contribution in [3.05, 3.63) is 41.5 Å². The van der Waals surface area contributed by atoms with Crippen LogP contribution in [0.2, 0.25) is 0 Å². The number of alkyl halides is 3. The summed E-state index contributed by atoms with van der Waals surface area (Å²) >= 11 is 0. The highest BCUT2D eigenvalue weighted by atomic mass is 19.4. The molecule has 0 saturated heterocycles. The van der Waals surface area contributed by atoms with E-state index < -0.39 is 19.1 Å². The Morgan fingerprint density at radius 2 is 1.91 bits per heavy atom. The molecule has 2 unspecified atom stereocenters. The molecule has 3 rings (SSSR count). The third-order valence-corrected chi connectivity index (χ3v) is 5.71. The van der Waals surface area contributed by atoms with Crippen molar-refractivity contribution in [2.45, 2.75) is 57.9 Å². The molecule has 5 nitrogen and oxygen atoms in total. The maximum atomic E-state index is 12.5. The molecule has 0 amide bonds. The number of ether oxygens (including phenoxy) is 1. The van der Waals surface area contributed by atoms with Gasteiger partial charge in [0.15, 0.2) is 0 Å². The third kappa shape index (κ3) is 5.42. The normalized spacial score (nSPS) is 15.1. The summed E-state index contributed by atoms with van der Waals surface area (Å²) in [6.45, 7) is 4.25. The van der Waals surface area contributed by atoms with Gasteiger partial charge in [0.05, 0.1) is 24.5 Å². The van der Waals surface area contributed by atoms with Crippen molar-refractivity contribution in [3.63, 3.8) is 0 Å². The molecule has 8 heteroatoms. The lowest BCUT2D eigenvalue weighted by Gasteiger charge is -2.28. The van der Waals surface area contributed by atoms with E-state index in [4.69, 9.17) is 0 Å². The van der Waals surface area contributed by atoms with Crippen LogP contribution in [0.1, 0.15) is 62.7 Å². The van der Waals surface area contributed by atoms with Gasteiger partial charge in [0, 0.05) is 17.3 Å². The lowest BCUT2D eigenvalue weighted by Crippen LogP contribution is -2.17. The number of hydrogen-bond donors (Lipinski definition) is 3. The first kappa shape index (κ1) is 24.1. The first-order valence-corrected chi connectivity index (χ1v) is 10.9. The number of aliphatic hydroxyl groups excluding tert-OH is 2. The molecule has 0 spiro atoms. The topological polar surface area (TPSA) is 74.1 Å². The van der Waals surface area contributed by atoms with Gasteiger partial charge in [-0.25, -0.2) is 0 Å². The summed E-state index contributed by atoms with van der Waals surface area (Å²) in [5.74, 6) is -0.136. The first-order chi connectivity index (χ1) is 15.3. The van der Waals surface area contributed by atoms with Crippen LogP contribution in [0.5, 0.6) is 5.75 Å². The number of fused-ring (bicyclic) bond motifs is 1. The number of aliphatic imine (C=N–C) groups is 1. The molecule has 1 aliphatic rings. The van der Waals surface area contributed by atoms with Crippen LogP contribution in [-0.4, -0.2) is 35.9 Å². The molecule has 0 radical (unpaired) electrons. The van der Waals surface area contributed by atoms with Crippen LogP contribution < -0.4 is 10.1 Å². The van der Waals surface area contributed by atoms with Gasteiger partial charge < -0.3 is 20.3 Å². The predicted molar refractivity (Wildman–Crippen MR) is 120 cm³/mol. The first-order valence-electron chi connectivity index (χ1n) is 10.9. The van der Waals surface area contributed by atoms with E-state index in [0.717, 1.165) is 36.8 Å². The van der Waals surface area contributed by atoms with E-state index in [1.165, 1.54) is 12.1 Å². The Balaban J connectivity index is 2.16. The quantitative estimate of drug-likeness (QED) is 0.432. The van der Waals surface area contributed by atoms with E-state index in [0.29, 0.717) is 29.0 Å². The van der Waals surface area contributed by atoms with Crippen LogP contribution in [0.25, 0.3) is 11.1 Å². The van der Waals surface area contributed by atoms with Crippen LogP contribution >= 0.6 is 0 Å². The second-order valence-corrected chi connectivity index (χ2v) is 7.86. The average Bonchev–Trinajstić information content (AvgIpc) is 2.78. The minimum Gasteiger partial charge on any atom is -0.406 e. The monoisotopic (exact) mass is 450 g/mol. The second-order valence-electron chi connectivity index (χ2n) is 7.86. The molecular formula is C24H29F3N2O3. The van der Waals surface area contributed by atoms with Crippen LogP contribution in [0.15, 0.2) is 35.3 Å². The minimum atomic E-state index is -4.75. The van der Waals surface area contributed by atoms with Gasteiger partial charge in [-0.3, -0.25) is 4.99 Å². The molecule has 1 aliphatic heterocycles. The van der Waals surface area contributed by atoms with Gasteiger partial charge >= 0.3 is 6.36 Å². The number of anilines is 1. The minimum absolute atomic E-state index is 0.153. The standard InChI is InChI=1S/C24H29F3N2O3/c1-3-5-6-15(4-2)18-13-19(16-7-9-17(10-8-16)32-24(25,26)27)22-23(29-12-11-28-22)21(18)20(31)14-30/h7-10,12-13,15,20,28,30-31H,3-6,11,14H2,1-2H3.